The molecule has 0 bridgehead atoms. The van der Waals surface area contributed by atoms with Crippen LogP contribution in [0.1, 0.15) is 70.4 Å². The fraction of sp³-hybridized carbons (Fsp3) is 0.342. The largest absolute Gasteiger partial charge is 0.482 e. The SMILES string of the molecule is CC1(C)CC(=O)C2=C(C1)N(Cc1ccccc1)C1=C(C(=O)CC(C)(C)C1)C2c1ccc(OCC(=O)Nc2ccccc2Cl)c(Cl)c1. The van der Waals surface area contributed by atoms with Crippen LogP contribution in [0.25, 0.3) is 0 Å². The molecule has 0 atom stereocenters. The fourth-order valence-corrected chi connectivity index (χ4v) is 7.47. The van der Waals surface area contributed by atoms with Crippen molar-refractivity contribution >= 4 is 46.4 Å². The first kappa shape index (κ1) is 32.1. The number of Topliss-reactive ketones (excluding diaryl/α,β-unsaturated/α-hetero) is 2. The second-order valence-corrected chi connectivity index (χ2v) is 14.9. The highest BCUT2D eigenvalue weighted by Crippen LogP contribution is 2.55. The minimum atomic E-state index is -0.528. The number of hydrogen-bond acceptors (Lipinski definition) is 5. The Hall–Kier alpha value is -3.87. The number of para-hydroxylation sites is 1. The van der Waals surface area contributed by atoms with Gasteiger partial charge in [0.2, 0.25) is 0 Å². The van der Waals surface area contributed by atoms with Gasteiger partial charge in [-0.1, -0.05) is 99.4 Å². The average molecular weight is 658 g/mol. The minimum absolute atomic E-state index is 0.0613. The zero-order chi connectivity index (χ0) is 32.8. The highest BCUT2D eigenvalue weighted by Gasteiger charge is 2.49. The van der Waals surface area contributed by atoms with E-state index in [0.29, 0.717) is 52.0 Å². The summed E-state index contributed by atoms with van der Waals surface area (Å²) in [5.74, 6) is -0.456. The number of nitrogens with zero attached hydrogens (tertiary/aromatic N) is 1. The molecule has 6 rings (SSSR count). The molecule has 3 aromatic rings. The maximum Gasteiger partial charge on any atom is 0.262 e. The molecule has 0 saturated carbocycles. The third kappa shape index (κ3) is 6.51. The normalized spacial score (nSPS) is 19.1. The topological polar surface area (TPSA) is 75.7 Å². The summed E-state index contributed by atoms with van der Waals surface area (Å²) in [5, 5.41) is 3.46. The quantitative estimate of drug-likeness (QED) is 0.275. The van der Waals surface area contributed by atoms with Gasteiger partial charge in [0.1, 0.15) is 5.75 Å². The lowest BCUT2D eigenvalue weighted by Gasteiger charge is -2.49. The first-order valence-electron chi connectivity index (χ1n) is 15.6. The zero-order valence-corrected chi connectivity index (χ0v) is 28.1. The second-order valence-electron chi connectivity index (χ2n) is 14.1. The van der Waals surface area contributed by atoms with E-state index in [0.717, 1.165) is 35.4 Å². The summed E-state index contributed by atoms with van der Waals surface area (Å²) in [6, 6.07) is 22.5. The first-order valence-corrected chi connectivity index (χ1v) is 16.4. The molecule has 8 heteroatoms. The number of halogens is 2. The van der Waals surface area contributed by atoms with E-state index >= 15 is 0 Å². The smallest absolute Gasteiger partial charge is 0.262 e. The Morgan fingerprint density at radius 1 is 0.804 bits per heavy atom. The molecule has 46 heavy (non-hydrogen) atoms. The van der Waals surface area contributed by atoms with Crippen molar-refractivity contribution in [3.8, 4) is 5.75 Å². The molecule has 1 heterocycles. The van der Waals surface area contributed by atoms with Crippen molar-refractivity contribution in [3.05, 3.63) is 117 Å². The Bertz CT molecular complexity index is 1740. The standard InChI is InChI=1S/C38H38Cl2N2O4/c1-37(2)17-28-35(30(43)19-37)34(36-29(18-38(3,4)20-31(36)44)42(28)21-23-10-6-5-7-11-23)24-14-15-32(26(40)16-24)46-22-33(45)41-27-13-9-8-12-25(27)39/h5-16,34H,17-22H2,1-4H3,(H,41,45). The second kappa shape index (κ2) is 12.4. The van der Waals surface area contributed by atoms with Crippen molar-refractivity contribution < 1.29 is 19.1 Å². The number of allylic oxidation sites excluding steroid dienone is 4. The predicted molar refractivity (Wildman–Crippen MR) is 182 cm³/mol. The van der Waals surface area contributed by atoms with Gasteiger partial charge >= 0.3 is 0 Å². The van der Waals surface area contributed by atoms with E-state index in [-0.39, 0.29) is 34.9 Å². The molecule has 2 aliphatic carbocycles. The van der Waals surface area contributed by atoms with Crippen LogP contribution >= 0.6 is 23.2 Å². The number of amides is 1. The van der Waals surface area contributed by atoms with E-state index in [1.807, 2.05) is 24.3 Å². The monoisotopic (exact) mass is 656 g/mol. The number of carbonyl (C=O) groups excluding carboxylic acids is 3. The number of hydrogen-bond donors (Lipinski definition) is 1. The first-order chi connectivity index (χ1) is 21.8. The molecule has 1 N–H and O–H groups in total. The van der Waals surface area contributed by atoms with E-state index < -0.39 is 5.92 Å². The van der Waals surface area contributed by atoms with Crippen LogP contribution in [-0.4, -0.2) is 29.0 Å². The lowest BCUT2D eigenvalue weighted by molar-refractivity contribution is -0.120. The number of anilines is 1. The summed E-state index contributed by atoms with van der Waals surface area (Å²) in [6.07, 6.45) is 2.25. The number of nitrogens with one attached hydrogen (secondary N) is 1. The van der Waals surface area contributed by atoms with E-state index in [2.05, 4.69) is 50.0 Å². The highest BCUT2D eigenvalue weighted by molar-refractivity contribution is 6.33. The lowest BCUT2D eigenvalue weighted by atomic mass is 9.63. The van der Waals surface area contributed by atoms with Crippen molar-refractivity contribution in [3.63, 3.8) is 0 Å². The van der Waals surface area contributed by atoms with Gasteiger partial charge < -0.3 is 15.0 Å². The van der Waals surface area contributed by atoms with Gasteiger partial charge in [0, 0.05) is 47.8 Å². The van der Waals surface area contributed by atoms with Gasteiger partial charge in [-0.3, -0.25) is 14.4 Å². The maximum atomic E-state index is 14.1. The van der Waals surface area contributed by atoms with Gasteiger partial charge in [-0.15, -0.1) is 0 Å². The van der Waals surface area contributed by atoms with Gasteiger partial charge in [0.05, 0.1) is 15.7 Å². The third-order valence-corrected chi connectivity index (χ3v) is 9.63. The van der Waals surface area contributed by atoms with E-state index in [1.165, 1.54) is 0 Å². The number of ketones is 2. The Kier molecular flexibility index (Phi) is 8.64. The summed E-state index contributed by atoms with van der Waals surface area (Å²) in [7, 11) is 0. The summed E-state index contributed by atoms with van der Waals surface area (Å²) in [4.78, 5) is 43.1. The zero-order valence-electron chi connectivity index (χ0n) is 26.6. The van der Waals surface area contributed by atoms with Crippen LogP contribution in [0.3, 0.4) is 0 Å². The van der Waals surface area contributed by atoms with Crippen LogP contribution in [0.15, 0.2) is 95.3 Å². The molecule has 1 amide bonds. The van der Waals surface area contributed by atoms with Crippen LogP contribution in [0.4, 0.5) is 5.69 Å². The molecule has 1 aliphatic heterocycles. The van der Waals surface area contributed by atoms with Crippen LogP contribution in [0.2, 0.25) is 10.0 Å². The lowest BCUT2D eigenvalue weighted by Crippen LogP contribution is -2.44. The van der Waals surface area contributed by atoms with Crippen LogP contribution in [0, 0.1) is 10.8 Å². The molecule has 0 spiro atoms. The minimum Gasteiger partial charge on any atom is -0.482 e. The van der Waals surface area contributed by atoms with Gasteiger partial charge in [-0.2, -0.15) is 0 Å². The van der Waals surface area contributed by atoms with E-state index in [1.54, 1.807) is 36.4 Å². The molecule has 0 saturated heterocycles. The van der Waals surface area contributed by atoms with Crippen molar-refractivity contribution in [2.45, 2.75) is 65.8 Å². The molecule has 3 aromatic carbocycles. The highest BCUT2D eigenvalue weighted by atomic mass is 35.5. The van der Waals surface area contributed by atoms with Crippen molar-refractivity contribution in [1.29, 1.82) is 0 Å². The molecule has 0 radical (unpaired) electrons. The van der Waals surface area contributed by atoms with Gasteiger partial charge in [-0.05, 0) is 59.1 Å². The Morgan fingerprint density at radius 3 is 1.98 bits per heavy atom. The molecule has 0 fully saturated rings. The van der Waals surface area contributed by atoms with E-state index in [4.69, 9.17) is 27.9 Å². The third-order valence-electron chi connectivity index (χ3n) is 9.00. The van der Waals surface area contributed by atoms with Crippen LogP contribution < -0.4 is 10.1 Å². The number of benzene rings is 3. The summed E-state index contributed by atoms with van der Waals surface area (Å²) >= 11 is 12.9. The maximum absolute atomic E-state index is 14.1. The molecular weight excluding hydrogens is 619 g/mol. The van der Waals surface area contributed by atoms with Crippen molar-refractivity contribution in [2.75, 3.05) is 11.9 Å². The molecule has 238 valence electrons. The molecule has 6 nitrogen and oxygen atoms in total. The summed E-state index contributed by atoms with van der Waals surface area (Å²) in [5.41, 5.74) is 5.29. The van der Waals surface area contributed by atoms with Crippen molar-refractivity contribution in [2.24, 2.45) is 10.8 Å². The van der Waals surface area contributed by atoms with Gasteiger partial charge in [0.25, 0.3) is 5.91 Å². The molecule has 0 unspecified atom stereocenters. The predicted octanol–water partition coefficient (Wildman–Crippen LogP) is 8.90. The summed E-state index contributed by atoms with van der Waals surface area (Å²) in [6.45, 7) is 8.85. The average Bonchev–Trinajstić information content (AvgIpc) is 2.98. The van der Waals surface area contributed by atoms with Crippen molar-refractivity contribution in [1.82, 2.24) is 4.90 Å². The Morgan fingerprint density at radius 2 is 1.39 bits per heavy atom. The summed E-state index contributed by atoms with van der Waals surface area (Å²) < 4.78 is 5.79. The van der Waals surface area contributed by atoms with Gasteiger partial charge in [-0.25, -0.2) is 0 Å². The Labute approximate surface area is 280 Å². The van der Waals surface area contributed by atoms with Crippen LogP contribution in [0.5, 0.6) is 5.75 Å². The molecule has 0 aromatic heterocycles. The molecular formula is C38H38Cl2N2O4. The Balaban J connectivity index is 1.38. The fourth-order valence-electron chi connectivity index (χ4n) is 7.04. The van der Waals surface area contributed by atoms with Gasteiger partial charge in [0.15, 0.2) is 18.2 Å². The van der Waals surface area contributed by atoms with E-state index in [9.17, 15) is 14.4 Å². The number of rotatable bonds is 7. The number of carbonyl (C=O) groups is 3. The van der Waals surface area contributed by atoms with Crippen LogP contribution in [-0.2, 0) is 20.9 Å². The number of ether oxygens (including phenoxy) is 1. The molecule has 3 aliphatic rings.